The third kappa shape index (κ3) is 3.37. The molecule has 0 saturated heterocycles. The second-order valence-electron chi connectivity index (χ2n) is 7.56. The van der Waals surface area contributed by atoms with Crippen LogP contribution in [0.2, 0.25) is 0 Å². The normalized spacial score (nSPS) is 22.9. The lowest BCUT2D eigenvalue weighted by Crippen LogP contribution is -2.40. The van der Waals surface area contributed by atoms with Crippen molar-refractivity contribution < 1.29 is 14.3 Å². The Morgan fingerprint density at radius 3 is 2.54 bits per heavy atom. The van der Waals surface area contributed by atoms with Crippen LogP contribution in [0.3, 0.4) is 0 Å². The van der Waals surface area contributed by atoms with E-state index in [1.807, 2.05) is 24.3 Å². The molecule has 0 saturated carbocycles. The van der Waals surface area contributed by atoms with E-state index < -0.39 is 0 Å². The van der Waals surface area contributed by atoms with Gasteiger partial charge in [-0.05, 0) is 36.0 Å². The van der Waals surface area contributed by atoms with E-state index in [1.54, 1.807) is 0 Å². The third-order valence-electron chi connectivity index (χ3n) is 4.70. The van der Waals surface area contributed by atoms with Gasteiger partial charge in [-0.25, -0.2) is 0 Å². The molecule has 24 heavy (non-hydrogen) atoms. The van der Waals surface area contributed by atoms with E-state index in [9.17, 15) is 9.59 Å². The summed E-state index contributed by atoms with van der Waals surface area (Å²) in [5.74, 6) is 0.844. The zero-order chi connectivity index (χ0) is 17.3. The molecular formula is C20H25NO3. The zero-order valence-electron chi connectivity index (χ0n) is 14.6. The van der Waals surface area contributed by atoms with E-state index in [-0.39, 0.29) is 23.0 Å². The number of ether oxygens (including phenoxy) is 1. The molecule has 1 atom stereocenters. The Hall–Kier alpha value is -2.10. The van der Waals surface area contributed by atoms with Crippen LogP contribution in [0.1, 0.15) is 57.9 Å². The molecule has 1 aliphatic carbocycles. The molecule has 1 aromatic rings. The molecule has 4 heteroatoms. The Bertz CT molecular complexity index is 685. The smallest absolute Gasteiger partial charge is 0.225 e. The van der Waals surface area contributed by atoms with Gasteiger partial charge in [0.25, 0.3) is 0 Å². The molecule has 0 bridgehead atoms. The molecule has 4 nitrogen and oxygen atoms in total. The van der Waals surface area contributed by atoms with E-state index in [4.69, 9.17) is 4.74 Å². The molecule has 1 aromatic carbocycles. The van der Waals surface area contributed by atoms with Crippen LogP contribution in [0, 0.1) is 5.41 Å². The minimum atomic E-state index is -0.141. The molecule has 3 rings (SSSR count). The van der Waals surface area contributed by atoms with Crippen LogP contribution >= 0.6 is 0 Å². The lowest BCUT2D eigenvalue weighted by molar-refractivity contribution is -0.122. The molecule has 1 amide bonds. The maximum Gasteiger partial charge on any atom is 0.225 e. The van der Waals surface area contributed by atoms with Crippen LogP contribution in [0.5, 0.6) is 5.75 Å². The summed E-state index contributed by atoms with van der Waals surface area (Å²) >= 11 is 0. The second-order valence-corrected chi connectivity index (χ2v) is 7.56. The van der Waals surface area contributed by atoms with Gasteiger partial charge in [-0.3, -0.25) is 9.59 Å². The molecule has 1 heterocycles. The van der Waals surface area contributed by atoms with Crippen molar-refractivity contribution in [3.05, 3.63) is 41.1 Å². The van der Waals surface area contributed by atoms with E-state index in [0.29, 0.717) is 19.4 Å². The molecular weight excluding hydrogens is 302 g/mol. The number of amides is 1. The van der Waals surface area contributed by atoms with Crippen LogP contribution in [-0.4, -0.2) is 18.3 Å². The molecule has 1 aliphatic heterocycles. The number of carbonyl (C=O) groups excluding carboxylic acids is 2. The van der Waals surface area contributed by atoms with Crippen molar-refractivity contribution >= 4 is 11.7 Å². The average molecular weight is 327 g/mol. The third-order valence-corrected chi connectivity index (χ3v) is 4.70. The van der Waals surface area contributed by atoms with Gasteiger partial charge in [-0.15, -0.1) is 0 Å². The summed E-state index contributed by atoms with van der Waals surface area (Å²) in [5, 5.41) is 2.94. The monoisotopic (exact) mass is 327 g/mol. The lowest BCUT2D eigenvalue weighted by atomic mass is 9.70. The SMILES string of the molecule is CCCOc1ccc([C@@H]2CC(=O)NC3=C2C(=O)CC(C)(C)C3)cc1. The first-order chi connectivity index (χ1) is 11.4. The van der Waals surface area contributed by atoms with E-state index in [2.05, 4.69) is 26.1 Å². The second kappa shape index (κ2) is 6.42. The molecule has 0 aromatic heterocycles. The summed E-state index contributed by atoms with van der Waals surface area (Å²) in [6.45, 7) is 6.90. The highest BCUT2D eigenvalue weighted by Crippen LogP contribution is 2.44. The van der Waals surface area contributed by atoms with Gasteiger partial charge in [0.1, 0.15) is 5.75 Å². The Kier molecular flexibility index (Phi) is 4.48. The van der Waals surface area contributed by atoms with Gasteiger partial charge in [0.15, 0.2) is 5.78 Å². The minimum Gasteiger partial charge on any atom is -0.494 e. The van der Waals surface area contributed by atoms with Crippen molar-refractivity contribution in [1.82, 2.24) is 5.32 Å². The van der Waals surface area contributed by atoms with Crippen molar-refractivity contribution in [2.75, 3.05) is 6.61 Å². The van der Waals surface area contributed by atoms with Crippen LogP contribution in [-0.2, 0) is 9.59 Å². The average Bonchev–Trinajstić information content (AvgIpc) is 2.51. The summed E-state index contributed by atoms with van der Waals surface area (Å²) in [4.78, 5) is 24.9. The molecule has 1 N–H and O–H groups in total. The van der Waals surface area contributed by atoms with E-state index in [1.165, 1.54) is 0 Å². The predicted molar refractivity (Wildman–Crippen MR) is 92.8 cm³/mol. The minimum absolute atomic E-state index is 0.00411. The fourth-order valence-corrected chi connectivity index (χ4v) is 3.66. The topological polar surface area (TPSA) is 55.4 Å². The molecule has 0 radical (unpaired) electrons. The van der Waals surface area contributed by atoms with Crippen LogP contribution < -0.4 is 10.1 Å². The van der Waals surface area contributed by atoms with Gasteiger partial charge in [0.2, 0.25) is 5.91 Å². The first kappa shape index (κ1) is 16.7. The summed E-state index contributed by atoms with van der Waals surface area (Å²) in [6, 6.07) is 7.81. The highest BCUT2D eigenvalue weighted by Gasteiger charge is 2.40. The molecule has 0 unspecified atom stereocenters. The number of hydrogen-bond acceptors (Lipinski definition) is 3. The van der Waals surface area contributed by atoms with Crippen LogP contribution in [0.25, 0.3) is 0 Å². The van der Waals surface area contributed by atoms with Crippen molar-refractivity contribution in [3.63, 3.8) is 0 Å². The van der Waals surface area contributed by atoms with Crippen LogP contribution in [0.4, 0.5) is 0 Å². The van der Waals surface area contributed by atoms with Gasteiger partial charge in [0.05, 0.1) is 6.61 Å². The van der Waals surface area contributed by atoms with Gasteiger partial charge >= 0.3 is 0 Å². The van der Waals surface area contributed by atoms with Crippen molar-refractivity contribution in [1.29, 1.82) is 0 Å². The van der Waals surface area contributed by atoms with Gasteiger partial charge < -0.3 is 10.1 Å². The fourth-order valence-electron chi connectivity index (χ4n) is 3.66. The first-order valence-electron chi connectivity index (χ1n) is 8.68. The molecule has 0 spiro atoms. The standard InChI is InChI=1S/C20H25NO3/c1-4-9-24-14-7-5-13(6-8-14)15-10-18(23)21-16-11-20(2,3)12-17(22)19(15)16/h5-8,15H,4,9-12H2,1-3H3,(H,21,23)/t15-/m0/s1. The molecule has 2 aliphatic rings. The summed E-state index contributed by atoms with van der Waals surface area (Å²) in [7, 11) is 0. The Balaban J connectivity index is 1.91. The number of nitrogens with one attached hydrogen (secondary N) is 1. The largest absolute Gasteiger partial charge is 0.494 e. The Morgan fingerprint density at radius 2 is 1.88 bits per heavy atom. The Labute approximate surface area is 143 Å². The van der Waals surface area contributed by atoms with Crippen molar-refractivity contribution in [2.24, 2.45) is 5.41 Å². The van der Waals surface area contributed by atoms with Gasteiger partial charge in [0, 0.05) is 30.0 Å². The highest BCUT2D eigenvalue weighted by atomic mass is 16.5. The van der Waals surface area contributed by atoms with E-state index >= 15 is 0 Å². The lowest BCUT2D eigenvalue weighted by Gasteiger charge is -2.37. The number of carbonyl (C=O) groups is 2. The number of benzene rings is 1. The summed E-state index contributed by atoms with van der Waals surface area (Å²) < 4.78 is 5.62. The molecule has 0 fully saturated rings. The fraction of sp³-hybridized carbons (Fsp3) is 0.500. The number of ketones is 1. The van der Waals surface area contributed by atoms with E-state index in [0.717, 1.165) is 35.4 Å². The van der Waals surface area contributed by atoms with Crippen LogP contribution in [0.15, 0.2) is 35.5 Å². The van der Waals surface area contributed by atoms with Gasteiger partial charge in [-0.2, -0.15) is 0 Å². The first-order valence-corrected chi connectivity index (χ1v) is 8.68. The maximum absolute atomic E-state index is 12.7. The number of hydrogen-bond donors (Lipinski definition) is 1. The maximum atomic E-state index is 12.7. The number of rotatable bonds is 4. The number of Topliss-reactive ketones (excluding diaryl/α,β-unsaturated/α-hetero) is 1. The summed E-state index contributed by atoms with van der Waals surface area (Å²) in [6.07, 6.45) is 2.58. The molecule has 128 valence electrons. The van der Waals surface area contributed by atoms with Crippen molar-refractivity contribution in [3.8, 4) is 5.75 Å². The van der Waals surface area contributed by atoms with Gasteiger partial charge in [-0.1, -0.05) is 32.9 Å². The summed E-state index contributed by atoms with van der Waals surface area (Å²) in [5.41, 5.74) is 2.54. The zero-order valence-corrected chi connectivity index (χ0v) is 14.6. The number of allylic oxidation sites excluding steroid dienone is 2. The predicted octanol–water partition coefficient (Wildman–Crippen LogP) is 3.72. The highest BCUT2D eigenvalue weighted by molar-refractivity contribution is 6.02. The quantitative estimate of drug-likeness (QED) is 0.917. The van der Waals surface area contributed by atoms with Crippen molar-refractivity contribution in [2.45, 2.75) is 52.4 Å². The Morgan fingerprint density at radius 1 is 1.17 bits per heavy atom.